The van der Waals surface area contributed by atoms with Crippen molar-refractivity contribution in [2.75, 3.05) is 18.0 Å². The van der Waals surface area contributed by atoms with E-state index in [1.54, 1.807) is 16.8 Å². The van der Waals surface area contributed by atoms with Gasteiger partial charge in [-0.3, -0.25) is 0 Å². The number of fused-ring (bicyclic) bond motifs is 1. The van der Waals surface area contributed by atoms with Crippen molar-refractivity contribution in [1.29, 1.82) is 10.5 Å². The second-order valence-electron chi connectivity index (χ2n) is 7.70. The van der Waals surface area contributed by atoms with Crippen molar-refractivity contribution in [3.63, 3.8) is 0 Å². The molecule has 4 heterocycles. The van der Waals surface area contributed by atoms with Crippen LogP contribution in [0.4, 0.5) is 10.2 Å². The molecule has 1 fully saturated rings. The van der Waals surface area contributed by atoms with Crippen LogP contribution in [0.3, 0.4) is 0 Å². The van der Waals surface area contributed by atoms with E-state index in [4.69, 9.17) is 0 Å². The molecule has 4 aromatic rings. The Morgan fingerprint density at radius 1 is 1.03 bits per heavy atom. The van der Waals surface area contributed by atoms with E-state index in [1.807, 2.05) is 35.4 Å². The number of anilines is 1. The maximum absolute atomic E-state index is 13.6. The summed E-state index contributed by atoms with van der Waals surface area (Å²) in [7, 11) is 0. The third-order valence-electron chi connectivity index (χ3n) is 5.55. The molecule has 1 saturated heterocycles. The molecule has 1 aliphatic heterocycles. The van der Waals surface area contributed by atoms with E-state index in [1.165, 1.54) is 30.1 Å². The molecular formula is C24H17FN6OS. The highest BCUT2D eigenvalue weighted by Crippen LogP contribution is 2.37. The summed E-state index contributed by atoms with van der Waals surface area (Å²) < 4.78 is 15.2. The lowest BCUT2D eigenvalue weighted by Crippen LogP contribution is -2.21. The molecule has 5 rings (SSSR count). The molecule has 1 aromatic carbocycles. The van der Waals surface area contributed by atoms with Crippen molar-refractivity contribution in [2.45, 2.75) is 22.3 Å². The van der Waals surface area contributed by atoms with Gasteiger partial charge in [-0.25, -0.2) is 13.9 Å². The fourth-order valence-corrected chi connectivity index (χ4v) is 4.97. The van der Waals surface area contributed by atoms with E-state index in [-0.39, 0.29) is 11.7 Å². The fourth-order valence-electron chi connectivity index (χ4n) is 3.89. The first kappa shape index (κ1) is 21.0. The number of aliphatic hydroxyl groups excluding tert-OH is 1. The Bertz CT molecular complexity index is 1440. The molecule has 0 aliphatic carbocycles. The molecular weight excluding hydrogens is 439 g/mol. The molecule has 0 amide bonds. The van der Waals surface area contributed by atoms with E-state index in [0.717, 1.165) is 34.8 Å². The minimum Gasteiger partial charge on any atom is -0.391 e. The van der Waals surface area contributed by atoms with Gasteiger partial charge in [0.05, 0.1) is 28.9 Å². The van der Waals surface area contributed by atoms with E-state index < -0.39 is 5.82 Å². The van der Waals surface area contributed by atoms with Gasteiger partial charge in [0.25, 0.3) is 0 Å². The number of nitriles is 2. The van der Waals surface area contributed by atoms with Crippen molar-refractivity contribution >= 4 is 23.1 Å². The summed E-state index contributed by atoms with van der Waals surface area (Å²) >= 11 is 1.29. The van der Waals surface area contributed by atoms with Gasteiger partial charge in [-0.1, -0.05) is 11.8 Å². The van der Waals surface area contributed by atoms with E-state index in [9.17, 15) is 20.0 Å². The first-order chi connectivity index (χ1) is 16.1. The average Bonchev–Trinajstić information content (AvgIpc) is 3.46. The maximum Gasteiger partial charge on any atom is 0.128 e. The zero-order valence-electron chi connectivity index (χ0n) is 17.3. The van der Waals surface area contributed by atoms with Crippen LogP contribution >= 0.6 is 11.8 Å². The van der Waals surface area contributed by atoms with Crippen LogP contribution in [0, 0.1) is 28.5 Å². The van der Waals surface area contributed by atoms with Crippen molar-refractivity contribution in [3.05, 3.63) is 71.9 Å². The van der Waals surface area contributed by atoms with Gasteiger partial charge < -0.3 is 10.0 Å². The number of β-amino-alcohol motifs (C(OH)–C–C–N with tert-alkyl or cyclic N) is 1. The Labute approximate surface area is 193 Å². The van der Waals surface area contributed by atoms with Crippen LogP contribution in [-0.4, -0.2) is 38.9 Å². The number of aromatic nitrogens is 3. The Hall–Kier alpha value is -3.92. The van der Waals surface area contributed by atoms with Gasteiger partial charge in [-0.05, 0) is 42.8 Å². The highest BCUT2D eigenvalue weighted by atomic mass is 32.2. The molecule has 9 heteroatoms. The van der Waals surface area contributed by atoms with Gasteiger partial charge in [0.2, 0.25) is 0 Å². The molecule has 0 radical (unpaired) electrons. The Balaban J connectivity index is 1.56. The number of rotatable bonds is 4. The molecule has 1 unspecified atom stereocenters. The third kappa shape index (κ3) is 4.00. The summed E-state index contributed by atoms with van der Waals surface area (Å²) in [5.41, 5.74) is 2.94. The number of hydrogen-bond donors (Lipinski definition) is 1. The second-order valence-corrected chi connectivity index (χ2v) is 8.79. The van der Waals surface area contributed by atoms with Crippen LogP contribution in [0.25, 0.3) is 16.6 Å². The quantitative estimate of drug-likeness (QED) is 0.495. The smallest absolute Gasteiger partial charge is 0.128 e. The molecule has 162 valence electrons. The summed E-state index contributed by atoms with van der Waals surface area (Å²) in [5, 5.41) is 33.1. The predicted octanol–water partition coefficient (Wildman–Crippen LogP) is 4.00. The highest BCUT2D eigenvalue weighted by molar-refractivity contribution is 7.99. The summed E-state index contributed by atoms with van der Waals surface area (Å²) in [5.74, 6) is 0.329. The first-order valence-corrected chi connectivity index (χ1v) is 11.1. The summed E-state index contributed by atoms with van der Waals surface area (Å²) in [6.45, 7) is 1.34. The zero-order chi connectivity index (χ0) is 22.9. The molecule has 33 heavy (non-hydrogen) atoms. The lowest BCUT2D eigenvalue weighted by Gasteiger charge is -2.17. The van der Waals surface area contributed by atoms with E-state index >= 15 is 0 Å². The summed E-state index contributed by atoms with van der Waals surface area (Å²) in [6, 6.07) is 14.0. The Kier molecular flexibility index (Phi) is 5.43. The van der Waals surface area contributed by atoms with Crippen LogP contribution in [0.15, 0.2) is 64.8 Å². The average molecular weight is 457 g/mol. The van der Waals surface area contributed by atoms with E-state index in [0.29, 0.717) is 22.5 Å². The lowest BCUT2D eigenvalue weighted by atomic mass is 10.1. The van der Waals surface area contributed by atoms with E-state index in [2.05, 4.69) is 16.2 Å². The largest absolute Gasteiger partial charge is 0.391 e. The van der Waals surface area contributed by atoms with Crippen LogP contribution in [-0.2, 0) is 0 Å². The SMILES string of the molecule is N#Cc1cc(F)ccc1Sc1cc(-c2ccc(N3CCC(O)C3)nc2)cn2ncc(C#N)c12. The molecule has 0 saturated carbocycles. The van der Waals surface area contributed by atoms with Crippen LogP contribution in [0.1, 0.15) is 17.5 Å². The molecule has 7 nitrogen and oxygen atoms in total. The fraction of sp³-hybridized carbons (Fsp3) is 0.167. The van der Waals surface area contributed by atoms with Crippen LogP contribution in [0.5, 0.6) is 0 Å². The minimum absolute atomic E-state index is 0.223. The van der Waals surface area contributed by atoms with Crippen molar-refractivity contribution in [2.24, 2.45) is 0 Å². The van der Waals surface area contributed by atoms with Crippen LogP contribution < -0.4 is 4.90 Å². The van der Waals surface area contributed by atoms with Crippen molar-refractivity contribution in [1.82, 2.24) is 14.6 Å². The molecule has 1 aliphatic rings. The molecule has 0 spiro atoms. The number of benzene rings is 1. The third-order valence-corrected chi connectivity index (χ3v) is 6.65. The zero-order valence-corrected chi connectivity index (χ0v) is 18.1. The van der Waals surface area contributed by atoms with Crippen molar-refractivity contribution in [3.8, 4) is 23.3 Å². The van der Waals surface area contributed by atoms with Crippen molar-refractivity contribution < 1.29 is 9.50 Å². The lowest BCUT2D eigenvalue weighted by molar-refractivity contribution is 0.198. The van der Waals surface area contributed by atoms with Gasteiger partial charge in [-0.2, -0.15) is 15.6 Å². The number of nitrogens with zero attached hydrogens (tertiary/aromatic N) is 6. The summed E-state index contributed by atoms with van der Waals surface area (Å²) in [4.78, 5) is 7.92. The standard InChI is InChI=1S/C24H17FN6OS/c25-19-2-3-21(16(7-19)9-26)33-22-8-17(13-31-24(22)18(10-27)12-29-31)15-1-4-23(28-11-15)30-6-5-20(32)14-30/h1-4,7-8,11-13,20,32H,5-6,14H2. The first-order valence-electron chi connectivity index (χ1n) is 10.2. The van der Waals surface area contributed by atoms with Gasteiger partial charge in [-0.15, -0.1) is 0 Å². The normalized spacial score (nSPS) is 15.5. The number of aliphatic hydroxyl groups is 1. The topological polar surface area (TPSA) is 101 Å². The monoisotopic (exact) mass is 456 g/mol. The number of halogens is 1. The maximum atomic E-state index is 13.6. The predicted molar refractivity (Wildman–Crippen MR) is 121 cm³/mol. The van der Waals surface area contributed by atoms with Crippen LogP contribution in [0.2, 0.25) is 0 Å². The van der Waals surface area contributed by atoms with Gasteiger partial charge in [0, 0.05) is 46.4 Å². The Morgan fingerprint density at radius 2 is 1.88 bits per heavy atom. The van der Waals surface area contributed by atoms with Gasteiger partial charge in [0.1, 0.15) is 23.8 Å². The Morgan fingerprint density at radius 3 is 2.58 bits per heavy atom. The molecule has 1 atom stereocenters. The second kappa shape index (κ2) is 8.55. The van der Waals surface area contributed by atoms with Gasteiger partial charge in [0.15, 0.2) is 0 Å². The molecule has 0 bridgehead atoms. The number of hydrogen-bond acceptors (Lipinski definition) is 7. The number of pyridine rings is 2. The molecule has 3 aromatic heterocycles. The molecule has 1 N–H and O–H groups in total. The van der Waals surface area contributed by atoms with Gasteiger partial charge >= 0.3 is 0 Å². The minimum atomic E-state index is -0.478. The highest BCUT2D eigenvalue weighted by Gasteiger charge is 2.21. The summed E-state index contributed by atoms with van der Waals surface area (Å²) in [6.07, 6.45) is 5.50.